The number of esters is 1. The van der Waals surface area contributed by atoms with Gasteiger partial charge in [-0.05, 0) is 32.4 Å². The zero-order chi connectivity index (χ0) is 15.8. The number of amides is 2. The van der Waals surface area contributed by atoms with Crippen LogP contribution in [0.3, 0.4) is 0 Å². The van der Waals surface area contributed by atoms with Crippen molar-refractivity contribution in [2.75, 3.05) is 33.8 Å². The van der Waals surface area contributed by atoms with Gasteiger partial charge in [-0.2, -0.15) is 0 Å². The minimum Gasteiger partial charge on any atom is -0.480 e. The van der Waals surface area contributed by atoms with Gasteiger partial charge in [-0.15, -0.1) is 0 Å². The molecule has 0 bridgehead atoms. The molecule has 1 aliphatic heterocycles. The summed E-state index contributed by atoms with van der Waals surface area (Å²) in [4.78, 5) is 35.9. The molecule has 120 valence electrons. The Morgan fingerprint density at radius 2 is 2.14 bits per heavy atom. The van der Waals surface area contributed by atoms with Crippen LogP contribution in [0.15, 0.2) is 0 Å². The van der Waals surface area contributed by atoms with Crippen LogP contribution < -0.4 is 10.6 Å². The fraction of sp³-hybridized carbons (Fsp3) is 0.769. The molecule has 1 saturated heterocycles. The van der Waals surface area contributed by atoms with Gasteiger partial charge in [0.1, 0.15) is 6.04 Å². The van der Waals surface area contributed by atoms with E-state index in [1.807, 2.05) is 7.05 Å². The lowest BCUT2D eigenvalue weighted by Crippen LogP contribution is -2.47. The zero-order valence-corrected chi connectivity index (χ0v) is 12.4. The molecule has 0 saturated carbocycles. The van der Waals surface area contributed by atoms with E-state index < -0.39 is 24.0 Å². The van der Waals surface area contributed by atoms with E-state index in [0.29, 0.717) is 12.5 Å². The number of carboxylic acids is 1. The third-order valence-electron chi connectivity index (χ3n) is 3.51. The first-order valence-corrected chi connectivity index (χ1v) is 6.95. The maximum atomic E-state index is 11.7. The summed E-state index contributed by atoms with van der Waals surface area (Å²) in [6.07, 6.45) is 0.963. The van der Waals surface area contributed by atoms with Gasteiger partial charge < -0.3 is 25.4 Å². The average molecular weight is 301 g/mol. The average Bonchev–Trinajstić information content (AvgIpc) is 2.86. The number of hydrogen-bond donors (Lipinski definition) is 3. The van der Waals surface area contributed by atoms with Gasteiger partial charge in [-0.3, -0.25) is 4.79 Å². The molecule has 0 spiro atoms. The lowest BCUT2D eigenvalue weighted by molar-refractivity contribution is -0.142. The number of carbonyl (C=O) groups excluding carboxylic acids is 2. The molecule has 3 N–H and O–H groups in total. The van der Waals surface area contributed by atoms with Gasteiger partial charge >= 0.3 is 18.0 Å². The number of ether oxygens (including phenoxy) is 1. The number of rotatable bonds is 7. The molecular weight excluding hydrogens is 278 g/mol. The van der Waals surface area contributed by atoms with Gasteiger partial charge in [0.15, 0.2) is 0 Å². The number of nitrogens with one attached hydrogen (secondary N) is 2. The van der Waals surface area contributed by atoms with Gasteiger partial charge in [0.2, 0.25) is 0 Å². The lowest BCUT2D eigenvalue weighted by atomic mass is 10.1. The van der Waals surface area contributed by atoms with Crippen molar-refractivity contribution in [3.8, 4) is 0 Å². The van der Waals surface area contributed by atoms with E-state index in [4.69, 9.17) is 5.11 Å². The Hall–Kier alpha value is -1.83. The predicted octanol–water partition coefficient (Wildman–Crippen LogP) is -0.356. The Labute approximate surface area is 123 Å². The molecule has 8 heteroatoms. The maximum Gasteiger partial charge on any atom is 0.326 e. The summed E-state index contributed by atoms with van der Waals surface area (Å²) >= 11 is 0. The van der Waals surface area contributed by atoms with E-state index in [1.54, 1.807) is 0 Å². The summed E-state index contributed by atoms with van der Waals surface area (Å²) in [6.45, 7) is 2.44. The minimum absolute atomic E-state index is 0.00158. The number of likely N-dealkylation sites (tertiary alicyclic amines) is 1. The zero-order valence-electron chi connectivity index (χ0n) is 12.4. The van der Waals surface area contributed by atoms with Crippen LogP contribution in [0.1, 0.15) is 19.3 Å². The molecule has 1 aliphatic rings. The molecule has 0 aromatic heterocycles. The monoisotopic (exact) mass is 301 g/mol. The van der Waals surface area contributed by atoms with Crippen LogP contribution in [0.2, 0.25) is 0 Å². The molecular formula is C13H23N3O5. The number of hydrogen-bond acceptors (Lipinski definition) is 5. The quantitative estimate of drug-likeness (QED) is 0.554. The highest BCUT2D eigenvalue weighted by Gasteiger charge is 2.23. The Morgan fingerprint density at radius 1 is 1.43 bits per heavy atom. The van der Waals surface area contributed by atoms with E-state index in [2.05, 4.69) is 20.3 Å². The van der Waals surface area contributed by atoms with Crippen LogP contribution in [0.25, 0.3) is 0 Å². The molecule has 1 heterocycles. The summed E-state index contributed by atoms with van der Waals surface area (Å²) in [5.74, 6) is -1.29. The number of aliphatic carboxylic acids is 1. The molecule has 8 nitrogen and oxygen atoms in total. The fourth-order valence-electron chi connectivity index (χ4n) is 2.26. The Bertz CT molecular complexity index is 388. The topological polar surface area (TPSA) is 108 Å². The molecule has 0 aromatic carbocycles. The van der Waals surface area contributed by atoms with Crippen LogP contribution in [0.4, 0.5) is 4.79 Å². The van der Waals surface area contributed by atoms with Crippen molar-refractivity contribution in [3.05, 3.63) is 0 Å². The molecule has 21 heavy (non-hydrogen) atoms. The van der Waals surface area contributed by atoms with Crippen molar-refractivity contribution in [2.45, 2.75) is 25.3 Å². The van der Waals surface area contributed by atoms with Crippen molar-refractivity contribution in [3.63, 3.8) is 0 Å². The van der Waals surface area contributed by atoms with E-state index >= 15 is 0 Å². The largest absolute Gasteiger partial charge is 0.480 e. The lowest BCUT2D eigenvalue weighted by Gasteiger charge is -2.16. The summed E-state index contributed by atoms with van der Waals surface area (Å²) < 4.78 is 4.45. The smallest absolute Gasteiger partial charge is 0.326 e. The van der Waals surface area contributed by atoms with E-state index in [0.717, 1.165) is 19.5 Å². The summed E-state index contributed by atoms with van der Waals surface area (Å²) in [5.41, 5.74) is 0. The molecule has 1 unspecified atom stereocenters. The van der Waals surface area contributed by atoms with Gasteiger partial charge in [0, 0.05) is 19.5 Å². The minimum atomic E-state index is -1.17. The van der Waals surface area contributed by atoms with Gasteiger partial charge in [0.25, 0.3) is 0 Å². The molecule has 1 rings (SSSR count). The van der Waals surface area contributed by atoms with E-state index in [9.17, 15) is 14.4 Å². The summed E-state index contributed by atoms with van der Waals surface area (Å²) in [6, 6.07) is -1.63. The van der Waals surface area contributed by atoms with Crippen molar-refractivity contribution in [1.82, 2.24) is 15.5 Å². The standard InChI is InChI=1S/C13H23N3O5/c1-16-6-5-9(8-16)7-14-13(20)15-10(12(18)19)3-4-11(17)21-2/h9-10H,3-8H2,1-2H3,(H,18,19)(H2,14,15,20)/t9?,10-/m0/s1. The van der Waals surface area contributed by atoms with Crippen LogP contribution >= 0.6 is 0 Å². The molecule has 2 atom stereocenters. The number of nitrogens with zero attached hydrogens (tertiary/aromatic N) is 1. The third kappa shape index (κ3) is 6.44. The highest BCUT2D eigenvalue weighted by Crippen LogP contribution is 2.12. The van der Waals surface area contributed by atoms with Crippen LogP contribution in [-0.2, 0) is 14.3 Å². The number of methoxy groups -OCH3 is 1. The normalized spacial score (nSPS) is 19.8. The molecule has 1 fully saturated rings. The number of carbonyl (C=O) groups is 3. The second kappa shape index (κ2) is 8.46. The Morgan fingerprint density at radius 3 is 2.67 bits per heavy atom. The second-order valence-corrected chi connectivity index (χ2v) is 5.28. The highest BCUT2D eigenvalue weighted by molar-refractivity contribution is 5.83. The SMILES string of the molecule is COC(=O)CC[C@H](NC(=O)NCC1CCN(C)C1)C(=O)O. The first kappa shape index (κ1) is 17.2. The molecule has 2 amide bonds. The maximum absolute atomic E-state index is 11.7. The number of urea groups is 1. The second-order valence-electron chi connectivity index (χ2n) is 5.28. The van der Waals surface area contributed by atoms with Crippen LogP contribution in [-0.4, -0.2) is 67.8 Å². The predicted molar refractivity (Wildman–Crippen MR) is 74.8 cm³/mol. The van der Waals surface area contributed by atoms with Crippen molar-refractivity contribution >= 4 is 18.0 Å². The highest BCUT2D eigenvalue weighted by atomic mass is 16.5. The van der Waals surface area contributed by atoms with Crippen LogP contribution in [0.5, 0.6) is 0 Å². The van der Waals surface area contributed by atoms with Gasteiger partial charge in [-0.25, -0.2) is 9.59 Å². The third-order valence-corrected chi connectivity index (χ3v) is 3.51. The first-order valence-electron chi connectivity index (χ1n) is 6.95. The van der Waals surface area contributed by atoms with Gasteiger partial charge in [-0.1, -0.05) is 0 Å². The van der Waals surface area contributed by atoms with Gasteiger partial charge in [0.05, 0.1) is 7.11 Å². The molecule has 0 aliphatic carbocycles. The van der Waals surface area contributed by atoms with Crippen molar-refractivity contribution in [2.24, 2.45) is 5.92 Å². The van der Waals surface area contributed by atoms with Crippen molar-refractivity contribution in [1.29, 1.82) is 0 Å². The van der Waals surface area contributed by atoms with E-state index in [1.165, 1.54) is 7.11 Å². The Kier molecular flexibility index (Phi) is 6.93. The summed E-state index contributed by atoms with van der Waals surface area (Å²) in [7, 11) is 3.25. The Balaban J connectivity index is 2.31. The van der Waals surface area contributed by atoms with Crippen molar-refractivity contribution < 1.29 is 24.2 Å². The fourth-order valence-corrected chi connectivity index (χ4v) is 2.26. The first-order chi connectivity index (χ1) is 9.92. The van der Waals surface area contributed by atoms with Crippen LogP contribution in [0, 0.1) is 5.92 Å². The summed E-state index contributed by atoms with van der Waals surface area (Å²) in [5, 5.41) is 14.1. The number of carboxylic acid groups (broad SMARTS) is 1. The molecule has 0 radical (unpaired) electrons. The molecule has 0 aromatic rings. The van der Waals surface area contributed by atoms with E-state index in [-0.39, 0.29) is 12.8 Å².